The standard InChI is InChI=1S/C8H17N3OS/c1-2-10-8(13)11-6-4-3-5-7(9)12/h2-6H2,1H3,(H2,9,12)(H2,10,11,13). The molecular weight excluding hydrogens is 186 g/mol. The first-order chi connectivity index (χ1) is 6.16. The molecule has 4 nitrogen and oxygen atoms in total. The van der Waals surface area contributed by atoms with E-state index in [-0.39, 0.29) is 5.91 Å². The van der Waals surface area contributed by atoms with Crippen molar-refractivity contribution in [3.8, 4) is 0 Å². The molecule has 0 atom stereocenters. The van der Waals surface area contributed by atoms with Crippen molar-refractivity contribution in [2.24, 2.45) is 5.73 Å². The number of amides is 1. The number of rotatable bonds is 6. The molecule has 0 aromatic carbocycles. The average Bonchev–Trinajstić information content (AvgIpc) is 2.03. The molecular formula is C8H17N3OS. The van der Waals surface area contributed by atoms with Crippen molar-refractivity contribution >= 4 is 23.2 Å². The van der Waals surface area contributed by atoms with Gasteiger partial charge in [0.2, 0.25) is 5.91 Å². The third kappa shape index (κ3) is 9.07. The summed E-state index contributed by atoms with van der Waals surface area (Å²) in [5, 5.41) is 6.67. The predicted octanol–water partition coefficient (Wildman–Crippen LogP) is 0.126. The van der Waals surface area contributed by atoms with Crippen LogP contribution in [0.15, 0.2) is 0 Å². The number of hydrogen-bond donors (Lipinski definition) is 3. The van der Waals surface area contributed by atoms with E-state index in [2.05, 4.69) is 10.6 Å². The Morgan fingerprint density at radius 1 is 1.38 bits per heavy atom. The summed E-state index contributed by atoms with van der Waals surface area (Å²) in [5.74, 6) is -0.241. The normalized spacial score (nSPS) is 9.31. The minimum absolute atomic E-state index is 0.241. The van der Waals surface area contributed by atoms with Gasteiger partial charge in [-0.2, -0.15) is 0 Å². The lowest BCUT2D eigenvalue weighted by atomic mass is 10.2. The second kappa shape index (κ2) is 7.79. The maximum atomic E-state index is 10.4. The third-order valence-corrected chi connectivity index (χ3v) is 1.76. The molecule has 0 rings (SSSR count). The summed E-state index contributed by atoms with van der Waals surface area (Å²) in [6.07, 6.45) is 2.18. The smallest absolute Gasteiger partial charge is 0.217 e. The molecule has 1 amide bonds. The number of thiocarbonyl (C=S) groups is 1. The molecule has 0 aliphatic rings. The number of carbonyl (C=O) groups excluding carboxylic acids is 1. The summed E-state index contributed by atoms with van der Waals surface area (Å²) < 4.78 is 0. The van der Waals surface area contributed by atoms with Crippen LogP contribution < -0.4 is 16.4 Å². The Labute approximate surface area is 84.3 Å². The molecule has 0 saturated carbocycles. The first kappa shape index (κ1) is 12.2. The fourth-order valence-electron chi connectivity index (χ4n) is 0.849. The van der Waals surface area contributed by atoms with Gasteiger partial charge in [0.15, 0.2) is 5.11 Å². The molecule has 5 heteroatoms. The highest BCUT2D eigenvalue weighted by Crippen LogP contribution is 1.91. The number of nitrogens with two attached hydrogens (primary N) is 1. The lowest BCUT2D eigenvalue weighted by Gasteiger charge is -2.07. The van der Waals surface area contributed by atoms with Gasteiger partial charge in [-0.3, -0.25) is 4.79 Å². The molecule has 76 valence electrons. The summed E-state index contributed by atoms with van der Waals surface area (Å²) in [6, 6.07) is 0. The minimum atomic E-state index is -0.241. The van der Waals surface area contributed by atoms with E-state index in [9.17, 15) is 4.79 Å². The Kier molecular flexibility index (Phi) is 7.29. The van der Waals surface area contributed by atoms with E-state index >= 15 is 0 Å². The minimum Gasteiger partial charge on any atom is -0.370 e. The number of nitrogens with one attached hydrogen (secondary N) is 2. The van der Waals surface area contributed by atoms with Crippen LogP contribution in [0.5, 0.6) is 0 Å². The van der Waals surface area contributed by atoms with Crippen molar-refractivity contribution in [3.63, 3.8) is 0 Å². The molecule has 0 unspecified atom stereocenters. The highest BCUT2D eigenvalue weighted by molar-refractivity contribution is 7.80. The van der Waals surface area contributed by atoms with Crippen LogP contribution in [0.2, 0.25) is 0 Å². The highest BCUT2D eigenvalue weighted by atomic mass is 32.1. The van der Waals surface area contributed by atoms with Gasteiger partial charge < -0.3 is 16.4 Å². The first-order valence-electron chi connectivity index (χ1n) is 4.46. The van der Waals surface area contributed by atoms with Gasteiger partial charge in [0.05, 0.1) is 0 Å². The van der Waals surface area contributed by atoms with Crippen LogP contribution >= 0.6 is 12.2 Å². The van der Waals surface area contributed by atoms with Gasteiger partial charge in [-0.15, -0.1) is 0 Å². The zero-order chi connectivity index (χ0) is 10.1. The Morgan fingerprint density at radius 3 is 2.62 bits per heavy atom. The second-order valence-electron chi connectivity index (χ2n) is 2.71. The Balaban J connectivity index is 3.16. The van der Waals surface area contributed by atoms with Crippen LogP contribution in [0.25, 0.3) is 0 Å². The zero-order valence-electron chi connectivity index (χ0n) is 7.93. The molecule has 0 aromatic rings. The van der Waals surface area contributed by atoms with E-state index in [1.165, 1.54) is 0 Å². The number of unbranched alkanes of at least 4 members (excludes halogenated alkanes) is 1. The van der Waals surface area contributed by atoms with Crippen LogP contribution in [0.3, 0.4) is 0 Å². The van der Waals surface area contributed by atoms with Gasteiger partial charge >= 0.3 is 0 Å². The van der Waals surface area contributed by atoms with Crippen LogP contribution in [0.4, 0.5) is 0 Å². The maximum absolute atomic E-state index is 10.4. The van der Waals surface area contributed by atoms with Crippen molar-refractivity contribution in [2.45, 2.75) is 26.2 Å². The van der Waals surface area contributed by atoms with Crippen molar-refractivity contribution in [1.82, 2.24) is 10.6 Å². The molecule has 0 fully saturated rings. The average molecular weight is 203 g/mol. The molecule has 0 aliphatic carbocycles. The summed E-state index contributed by atoms with van der Waals surface area (Å²) in [5.41, 5.74) is 4.98. The van der Waals surface area contributed by atoms with E-state index in [0.29, 0.717) is 11.5 Å². The molecule has 0 heterocycles. The highest BCUT2D eigenvalue weighted by Gasteiger charge is 1.95. The van der Waals surface area contributed by atoms with Crippen LogP contribution in [-0.4, -0.2) is 24.1 Å². The van der Waals surface area contributed by atoms with E-state index in [1.54, 1.807) is 0 Å². The summed E-state index contributed by atoms with van der Waals surface area (Å²) >= 11 is 4.94. The van der Waals surface area contributed by atoms with E-state index < -0.39 is 0 Å². The molecule has 0 aromatic heterocycles. The van der Waals surface area contributed by atoms with Gasteiger partial charge in [-0.1, -0.05) is 0 Å². The SMILES string of the molecule is CCNC(=S)NCCCCC(N)=O. The summed E-state index contributed by atoms with van der Waals surface area (Å²) in [6.45, 7) is 3.60. The molecule has 13 heavy (non-hydrogen) atoms. The number of hydrogen-bond acceptors (Lipinski definition) is 2. The van der Waals surface area contributed by atoms with Crippen molar-refractivity contribution in [2.75, 3.05) is 13.1 Å². The van der Waals surface area contributed by atoms with Crippen LogP contribution in [-0.2, 0) is 4.79 Å². The van der Waals surface area contributed by atoms with Crippen LogP contribution in [0.1, 0.15) is 26.2 Å². The van der Waals surface area contributed by atoms with Gasteiger partial charge in [0.25, 0.3) is 0 Å². The lowest BCUT2D eigenvalue weighted by molar-refractivity contribution is -0.118. The quantitative estimate of drug-likeness (QED) is 0.424. The molecule has 0 radical (unpaired) electrons. The number of carbonyl (C=O) groups is 1. The van der Waals surface area contributed by atoms with Crippen molar-refractivity contribution < 1.29 is 4.79 Å². The first-order valence-corrected chi connectivity index (χ1v) is 4.87. The fourth-order valence-corrected chi connectivity index (χ4v) is 1.10. The molecule has 0 spiro atoms. The van der Waals surface area contributed by atoms with E-state index in [4.69, 9.17) is 18.0 Å². The van der Waals surface area contributed by atoms with Gasteiger partial charge in [-0.05, 0) is 32.0 Å². The van der Waals surface area contributed by atoms with Gasteiger partial charge in [0.1, 0.15) is 0 Å². The number of primary amides is 1. The largest absolute Gasteiger partial charge is 0.370 e. The Morgan fingerprint density at radius 2 is 2.08 bits per heavy atom. The third-order valence-electron chi connectivity index (χ3n) is 1.47. The Hall–Kier alpha value is -0.840. The van der Waals surface area contributed by atoms with Crippen LogP contribution in [0, 0.1) is 0 Å². The zero-order valence-corrected chi connectivity index (χ0v) is 8.75. The fraction of sp³-hybridized carbons (Fsp3) is 0.750. The van der Waals surface area contributed by atoms with E-state index in [1.807, 2.05) is 6.92 Å². The summed E-state index contributed by atoms with van der Waals surface area (Å²) in [7, 11) is 0. The summed E-state index contributed by atoms with van der Waals surface area (Å²) in [4.78, 5) is 10.4. The molecule has 0 saturated heterocycles. The van der Waals surface area contributed by atoms with Crippen molar-refractivity contribution in [3.05, 3.63) is 0 Å². The van der Waals surface area contributed by atoms with Gasteiger partial charge in [0, 0.05) is 19.5 Å². The molecule has 0 bridgehead atoms. The predicted molar refractivity (Wildman–Crippen MR) is 57.3 cm³/mol. The molecule has 4 N–H and O–H groups in total. The molecule has 0 aliphatic heterocycles. The second-order valence-corrected chi connectivity index (χ2v) is 3.12. The van der Waals surface area contributed by atoms with Gasteiger partial charge in [-0.25, -0.2) is 0 Å². The Bertz CT molecular complexity index is 173. The maximum Gasteiger partial charge on any atom is 0.217 e. The lowest BCUT2D eigenvalue weighted by Crippen LogP contribution is -2.35. The van der Waals surface area contributed by atoms with E-state index in [0.717, 1.165) is 25.9 Å². The van der Waals surface area contributed by atoms with Crippen molar-refractivity contribution in [1.29, 1.82) is 0 Å². The topological polar surface area (TPSA) is 67.2 Å². The monoisotopic (exact) mass is 203 g/mol.